The Balaban J connectivity index is 2.51. The van der Waals surface area contributed by atoms with E-state index >= 15 is 0 Å². The molecule has 2 amide bonds. The first-order chi connectivity index (χ1) is 9.22. The average Bonchev–Trinajstić information content (AvgIpc) is 2.38. The van der Waals surface area contributed by atoms with E-state index in [0.717, 1.165) is 4.90 Å². The maximum atomic E-state index is 13.8. The van der Waals surface area contributed by atoms with E-state index in [1.54, 1.807) is 0 Å². The van der Waals surface area contributed by atoms with Crippen LogP contribution in [0.15, 0.2) is 12.1 Å². The summed E-state index contributed by atoms with van der Waals surface area (Å²) in [7, 11) is 0. The molecule has 108 valence electrons. The molecule has 0 unspecified atom stereocenters. The lowest BCUT2D eigenvalue weighted by molar-refractivity contribution is -0.128. The van der Waals surface area contributed by atoms with E-state index < -0.39 is 40.5 Å². The van der Waals surface area contributed by atoms with Crippen LogP contribution < -0.4 is 10.2 Å². The van der Waals surface area contributed by atoms with Crippen LogP contribution >= 0.6 is 0 Å². The molecule has 1 aliphatic heterocycles. The summed E-state index contributed by atoms with van der Waals surface area (Å²) in [5.41, 5.74) is -1.93. The number of carbonyl (C=O) groups is 2. The van der Waals surface area contributed by atoms with Crippen molar-refractivity contribution in [1.29, 1.82) is 0 Å². The molecule has 2 rings (SSSR count). The lowest BCUT2D eigenvalue weighted by Gasteiger charge is -2.29. The fourth-order valence-corrected chi connectivity index (χ4v) is 2.12. The second kappa shape index (κ2) is 4.81. The number of hydrogen-bond donors (Lipinski definition) is 1. The first kappa shape index (κ1) is 14.4. The molecule has 1 heterocycles. The fourth-order valence-electron chi connectivity index (χ4n) is 2.12. The highest BCUT2D eigenvalue weighted by Gasteiger charge is 2.39. The minimum Gasteiger partial charge on any atom is -0.342 e. The van der Waals surface area contributed by atoms with E-state index in [0.29, 0.717) is 12.1 Å². The molecule has 1 N–H and O–H groups in total. The molecule has 1 fully saturated rings. The molecule has 0 aliphatic carbocycles. The Hall–Kier alpha value is -2.05. The molecule has 0 atom stereocenters. The maximum absolute atomic E-state index is 13.8. The number of nitrogens with zero attached hydrogens (tertiary/aromatic N) is 1. The standard InChI is InChI=1S/C13H13F3N2O2/c1-13(2)12(20)18(4-3-10(19)17-13)11-8(15)5-7(14)6-9(11)16/h5-6H,3-4H2,1-2H3,(H,17,19). The van der Waals surface area contributed by atoms with Gasteiger partial charge in [0.1, 0.15) is 17.0 Å². The first-order valence-corrected chi connectivity index (χ1v) is 6.00. The van der Waals surface area contributed by atoms with Crippen molar-refractivity contribution in [3.8, 4) is 0 Å². The molecule has 20 heavy (non-hydrogen) atoms. The van der Waals surface area contributed by atoms with Gasteiger partial charge in [-0.25, -0.2) is 13.2 Å². The first-order valence-electron chi connectivity index (χ1n) is 6.00. The van der Waals surface area contributed by atoms with Crippen molar-refractivity contribution >= 4 is 17.5 Å². The van der Waals surface area contributed by atoms with Gasteiger partial charge in [0, 0.05) is 25.1 Å². The summed E-state index contributed by atoms with van der Waals surface area (Å²) < 4.78 is 40.5. The zero-order valence-corrected chi connectivity index (χ0v) is 11.0. The molecule has 1 aliphatic rings. The number of halogens is 3. The minimum atomic E-state index is -1.29. The summed E-state index contributed by atoms with van der Waals surface area (Å²) in [5, 5.41) is 2.47. The van der Waals surface area contributed by atoms with Crippen LogP contribution in [0.3, 0.4) is 0 Å². The molecule has 1 saturated heterocycles. The van der Waals surface area contributed by atoms with Crippen LogP contribution in [0.2, 0.25) is 0 Å². The van der Waals surface area contributed by atoms with Gasteiger partial charge >= 0.3 is 0 Å². The summed E-state index contributed by atoms with van der Waals surface area (Å²) in [6.45, 7) is 2.70. The summed E-state index contributed by atoms with van der Waals surface area (Å²) in [4.78, 5) is 24.6. The second-order valence-corrected chi connectivity index (χ2v) is 5.10. The van der Waals surface area contributed by atoms with Crippen molar-refractivity contribution < 1.29 is 22.8 Å². The van der Waals surface area contributed by atoms with Crippen LogP contribution in [-0.2, 0) is 9.59 Å². The Morgan fingerprint density at radius 1 is 1.15 bits per heavy atom. The van der Waals surface area contributed by atoms with E-state index in [-0.39, 0.29) is 13.0 Å². The molecule has 4 nitrogen and oxygen atoms in total. The molecule has 1 aromatic rings. The number of benzene rings is 1. The van der Waals surface area contributed by atoms with Crippen molar-refractivity contribution in [1.82, 2.24) is 5.32 Å². The number of anilines is 1. The maximum Gasteiger partial charge on any atom is 0.252 e. The lowest BCUT2D eigenvalue weighted by atomic mass is 10.0. The van der Waals surface area contributed by atoms with Crippen LogP contribution in [0.4, 0.5) is 18.9 Å². The minimum absolute atomic E-state index is 0.0918. The summed E-state index contributed by atoms with van der Waals surface area (Å²) >= 11 is 0. The zero-order chi connectivity index (χ0) is 15.1. The lowest BCUT2D eigenvalue weighted by Crippen LogP contribution is -2.53. The molecule has 0 bridgehead atoms. The van der Waals surface area contributed by atoms with Crippen LogP contribution in [0.1, 0.15) is 20.3 Å². The summed E-state index contributed by atoms with van der Waals surface area (Å²) in [5.74, 6) is -4.48. The Labute approximate surface area is 113 Å². The highest BCUT2D eigenvalue weighted by Crippen LogP contribution is 2.28. The van der Waals surface area contributed by atoms with Crippen molar-refractivity contribution in [2.75, 3.05) is 11.4 Å². The van der Waals surface area contributed by atoms with Crippen LogP contribution in [-0.4, -0.2) is 23.9 Å². The molecule has 0 radical (unpaired) electrons. The van der Waals surface area contributed by atoms with E-state index in [1.807, 2.05) is 0 Å². The quantitative estimate of drug-likeness (QED) is 0.855. The smallest absolute Gasteiger partial charge is 0.252 e. The van der Waals surface area contributed by atoms with Gasteiger partial charge in [-0.3, -0.25) is 9.59 Å². The Bertz CT molecular complexity index is 564. The predicted molar refractivity (Wildman–Crippen MR) is 65.5 cm³/mol. The third-order valence-corrected chi connectivity index (χ3v) is 3.05. The van der Waals surface area contributed by atoms with Crippen LogP contribution in [0.25, 0.3) is 0 Å². The molecule has 0 saturated carbocycles. The zero-order valence-electron chi connectivity index (χ0n) is 11.0. The van der Waals surface area contributed by atoms with E-state index in [1.165, 1.54) is 13.8 Å². The SMILES string of the molecule is CC1(C)NC(=O)CCN(c2c(F)cc(F)cc2F)C1=O. The topological polar surface area (TPSA) is 49.4 Å². The fraction of sp³-hybridized carbons (Fsp3) is 0.385. The highest BCUT2D eigenvalue weighted by atomic mass is 19.1. The van der Waals surface area contributed by atoms with Gasteiger partial charge in [-0.1, -0.05) is 0 Å². The number of nitrogens with one attached hydrogen (secondary N) is 1. The van der Waals surface area contributed by atoms with Crippen molar-refractivity contribution in [2.45, 2.75) is 25.8 Å². The van der Waals surface area contributed by atoms with Crippen molar-refractivity contribution in [3.63, 3.8) is 0 Å². The van der Waals surface area contributed by atoms with Crippen molar-refractivity contribution in [2.24, 2.45) is 0 Å². The van der Waals surface area contributed by atoms with Crippen molar-refractivity contribution in [3.05, 3.63) is 29.6 Å². The number of hydrogen-bond acceptors (Lipinski definition) is 2. The van der Waals surface area contributed by atoms with Gasteiger partial charge in [0.05, 0.1) is 0 Å². The number of amides is 2. The van der Waals surface area contributed by atoms with E-state index in [2.05, 4.69) is 5.32 Å². The van der Waals surface area contributed by atoms with Gasteiger partial charge in [0.15, 0.2) is 11.6 Å². The predicted octanol–water partition coefficient (Wildman–Crippen LogP) is 1.74. The number of rotatable bonds is 1. The van der Waals surface area contributed by atoms with Gasteiger partial charge in [-0.2, -0.15) is 0 Å². The highest BCUT2D eigenvalue weighted by molar-refractivity contribution is 6.03. The molecular formula is C13H13F3N2O2. The summed E-state index contributed by atoms with van der Waals surface area (Å²) in [6, 6.07) is 0.998. The Morgan fingerprint density at radius 2 is 1.70 bits per heavy atom. The Morgan fingerprint density at radius 3 is 2.25 bits per heavy atom. The van der Waals surface area contributed by atoms with Gasteiger partial charge in [0.2, 0.25) is 5.91 Å². The monoisotopic (exact) mass is 286 g/mol. The Kier molecular flexibility index (Phi) is 3.45. The van der Waals surface area contributed by atoms with Gasteiger partial charge in [0.25, 0.3) is 5.91 Å². The second-order valence-electron chi connectivity index (χ2n) is 5.10. The average molecular weight is 286 g/mol. The number of carbonyl (C=O) groups excluding carboxylic acids is 2. The largest absolute Gasteiger partial charge is 0.342 e. The molecule has 0 aromatic heterocycles. The van der Waals surface area contributed by atoms with E-state index in [9.17, 15) is 22.8 Å². The molecule has 7 heteroatoms. The van der Waals surface area contributed by atoms with Crippen LogP contribution in [0.5, 0.6) is 0 Å². The molecular weight excluding hydrogens is 273 g/mol. The third-order valence-electron chi connectivity index (χ3n) is 3.05. The van der Waals surface area contributed by atoms with Gasteiger partial charge in [-0.05, 0) is 13.8 Å². The normalized spacial score (nSPS) is 18.8. The van der Waals surface area contributed by atoms with E-state index in [4.69, 9.17) is 0 Å². The van der Waals surface area contributed by atoms with Crippen LogP contribution in [0, 0.1) is 17.5 Å². The van der Waals surface area contributed by atoms with Gasteiger partial charge in [-0.15, -0.1) is 0 Å². The molecule has 1 aromatic carbocycles. The summed E-state index contributed by atoms with van der Waals surface area (Å²) in [6.07, 6.45) is -0.0918. The third kappa shape index (κ3) is 2.48. The van der Waals surface area contributed by atoms with Gasteiger partial charge < -0.3 is 10.2 Å². The molecule has 0 spiro atoms.